The maximum atomic E-state index is 12.7. The van der Waals surface area contributed by atoms with Gasteiger partial charge < -0.3 is 4.90 Å². The zero-order valence-corrected chi connectivity index (χ0v) is 13.3. The number of pyridine rings is 1. The van der Waals surface area contributed by atoms with Crippen molar-refractivity contribution in [1.29, 1.82) is 0 Å². The van der Waals surface area contributed by atoms with Crippen molar-refractivity contribution in [2.24, 2.45) is 5.92 Å². The van der Waals surface area contributed by atoms with Gasteiger partial charge >= 0.3 is 0 Å². The van der Waals surface area contributed by atoms with Gasteiger partial charge in [0.1, 0.15) is 5.15 Å². The molecule has 0 N–H and O–H groups in total. The van der Waals surface area contributed by atoms with Crippen molar-refractivity contribution < 1.29 is 4.79 Å². The average Bonchev–Trinajstić information content (AvgIpc) is 3.20. The maximum absolute atomic E-state index is 12.7. The van der Waals surface area contributed by atoms with Crippen LogP contribution < -0.4 is 0 Å². The number of hydrogen-bond acceptors (Lipinski definition) is 2. The molecule has 20 heavy (non-hydrogen) atoms. The average molecular weight is 295 g/mol. The molecule has 0 atom stereocenters. The molecule has 1 fully saturated rings. The Morgan fingerprint density at radius 1 is 1.45 bits per heavy atom. The summed E-state index contributed by atoms with van der Waals surface area (Å²) in [6.07, 6.45) is 3.48. The molecule has 1 aromatic rings. The normalized spacial score (nSPS) is 14.7. The molecule has 1 saturated carbocycles. The van der Waals surface area contributed by atoms with Gasteiger partial charge in [-0.15, -0.1) is 0 Å². The first-order valence-corrected chi connectivity index (χ1v) is 7.85. The second kappa shape index (κ2) is 6.57. The van der Waals surface area contributed by atoms with E-state index in [1.807, 2.05) is 11.0 Å². The predicted octanol–water partition coefficient (Wildman–Crippen LogP) is 4.12. The quantitative estimate of drug-likeness (QED) is 0.739. The Kier molecular flexibility index (Phi) is 5.03. The highest BCUT2D eigenvalue weighted by molar-refractivity contribution is 6.29. The van der Waals surface area contributed by atoms with Gasteiger partial charge in [-0.1, -0.05) is 32.4 Å². The Morgan fingerprint density at radius 3 is 2.70 bits per heavy atom. The maximum Gasteiger partial charge on any atom is 0.254 e. The first-order chi connectivity index (χ1) is 9.51. The summed E-state index contributed by atoms with van der Waals surface area (Å²) in [7, 11) is 0. The minimum absolute atomic E-state index is 0.0879. The summed E-state index contributed by atoms with van der Waals surface area (Å²) in [6, 6.07) is 3.57. The molecule has 1 aromatic heterocycles. The Labute approximate surface area is 126 Å². The van der Waals surface area contributed by atoms with E-state index in [0.717, 1.165) is 25.2 Å². The van der Waals surface area contributed by atoms with Crippen molar-refractivity contribution in [3.63, 3.8) is 0 Å². The lowest BCUT2D eigenvalue weighted by atomic mass is 10.1. The summed E-state index contributed by atoms with van der Waals surface area (Å²) in [5.41, 5.74) is 1.55. The molecular formula is C16H23ClN2O. The summed E-state index contributed by atoms with van der Waals surface area (Å²) in [6.45, 7) is 7.91. The molecule has 0 aromatic carbocycles. The predicted molar refractivity (Wildman–Crippen MR) is 82.3 cm³/mol. The van der Waals surface area contributed by atoms with Crippen LogP contribution in [0, 0.1) is 5.92 Å². The van der Waals surface area contributed by atoms with Crippen LogP contribution in [-0.2, 0) is 0 Å². The van der Waals surface area contributed by atoms with Crippen LogP contribution >= 0.6 is 11.6 Å². The number of rotatable bonds is 6. The van der Waals surface area contributed by atoms with Crippen LogP contribution in [0.2, 0.25) is 5.15 Å². The molecule has 1 heterocycles. The van der Waals surface area contributed by atoms with Crippen LogP contribution in [0.1, 0.15) is 62.0 Å². The van der Waals surface area contributed by atoms with Crippen molar-refractivity contribution in [2.75, 3.05) is 13.1 Å². The van der Waals surface area contributed by atoms with Crippen molar-refractivity contribution in [3.05, 3.63) is 28.5 Å². The van der Waals surface area contributed by atoms with Crippen molar-refractivity contribution >= 4 is 17.5 Å². The molecule has 0 bridgehead atoms. The summed E-state index contributed by atoms with van der Waals surface area (Å²) < 4.78 is 0. The van der Waals surface area contributed by atoms with Crippen molar-refractivity contribution in [2.45, 2.75) is 46.0 Å². The van der Waals surface area contributed by atoms with Crippen molar-refractivity contribution in [3.8, 4) is 0 Å². The monoisotopic (exact) mass is 294 g/mol. The number of halogens is 1. The van der Waals surface area contributed by atoms with Crippen LogP contribution in [0.25, 0.3) is 0 Å². The second-order valence-corrected chi connectivity index (χ2v) is 6.34. The summed E-state index contributed by atoms with van der Waals surface area (Å²) in [5.74, 6) is 1.06. The van der Waals surface area contributed by atoms with Gasteiger partial charge in [0, 0.05) is 24.3 Å². The molecule has 1 aliphatic rings. The smallest absolute Gasteiger partial charge is 0.254 e. The number of aromatic nitrogens is 1. The topological polar surface area (TPSA) is 33.2 Å². The van der Waals surface area contributed by atoms with Crippen LogP contribution in [-0.4, -0.2) is 28.9 Å². The fraction of sp³-hybridized carbons (Fsp3) is 0.625. The molecular weight excluding hydrogens is 272 g/mol. The minimum Gasteiger partial charge on any atom is -0.338 e. The second-order valence-electron chi connectivity index (χ2n) is 5.95. The van der Waals surface area contributed by atoms with E-state index in [4.69, 9.17) is 11.6 Å². The van der Waals surface area contributed by atoms with Gasteiger partial charge in [-0.3, -0.25) is 4.79 Å². The highest BCUT2D eigenvalue weighted by atomic mass is 35.5. The van der Waals surface area contributed by atoms with Crippen LogP contribution in [0.5, 0.6) is 0 Å². The largest absolute Gasteiger partial charge is 0.338 e. The van der Waals surface area contributed by atoms with E-state index < -0.39 is 0 Å². The van der Waals surface area contributed by atoms with Crippen LogP contribution in [0.4, 0.5) is 0 Å². The Morgan fingerprint density at radius 2 is 2.15 bits per heavy atom. The molecule has 1 amide bonds. The highest BCUT2D eigenvalue weighted by Crippen LogP contribution is 2.30. The SMILES string of the molecule is CCCN(CC1CC1)C(=O)c1cc(Cl)nc(C(C)C)c1. The Hall–Kier alpha value is -1.09. The molecule has 1 aliphatic carbocycles. The summed E-state index contributed by atoms with van der Waals surface area (Å²) in [4.78, 5) is 18.9. The van der Waals surface area contributed by atoms with E-state index in [2.05, 4.69) is 25.8 Å². The first-order valence-electron chi connectivity index (χ1n) is 7.48. The third kappa shape index (κ3) is 3.95. The van der Waals surface area contributed by atoms with Crippen molar-refractivity contribution in [1.82, 2.24) is 9.88 Å². The molecule has 0 unspecified atom stereocenters. The molecule has 2 rings (SSSR count). The van der Waals surface area contributed by atoms with E-state index >= 15 is 0 Å². The summed E-state index contributed by atoms with van der Waals surface area (Å²) >= 11 is 6.06. The number of amides is 1. The minimum atomic E-state index is 0.0879. The van der Waals surface area contributed by atoms with Gasteiger partial charge in [-0.25, -0.2) is 4.98 Å². The fourth-order valence-electron chi connectivity index (χ4n) is 2.28. The molecule has 4 heteroatoms. The van der Waals surface area contributed by atoms with Gasteiger partial charge in [0.25, 0.3) is 5.91 Å². The molecule has 0 spiro atoms. The number of nitrogens with zero attached hydrogens (tertiary/aromatic N) is 2. The zero-order chi connectivity index (χ0) is 14.7. The molecule has 0 aliphatic heterocycles. The van der Waals surface area contributed by atoms with Gasteiger partial charge in [0.2, 0.25) is 0 Å². The van der Waals surface area contributed by atoms with E-state index in [-0.39, 0.29) is 11.8 Å². The number of carbonyl (C=O) groups is 1. The van der Waals surface area contributed by atoms with Gasteiger partial charge in [0.15, 0.2) is 0 Å². The third-order valence-electron chi connectivity index (χ3n) is 3.61. The van der Waals surface area contributed by atoms with E-state index in [0.29, 0.717) is 16.6 Å². The van der Waals surface area contributed by atoms with Crippen LogP contribution in [0.15, 0.2) is 12.1 Å². The highest BCUT2D eigenvalue weighted by Gasteiger charge is 2.27. The number of carbonyl (C=O) groups excluding carboxylic acids is 1. The molecule has 110 valence electrons. The molecule has 0 saturated heterocycles. The van der Waals surface area contributed by atoms with Gasteiger partial charge in [-0.05, 0) is 43.2 Å². The molecule has 3 nitrogen and oxygen atoms in total. The lowest BCUT2D eigenvalue weighted by Gasteiger charge is -2.22. The Bertz CT molecular complexity index is 483. The lowest BCUT2D eigenvalue weighted by Crippen LogP contribution is -2.33. The number of hydrogen-bond donors (Lipinski definition) is 0. The first kappa shape index (κ1) is 15.3. The van der Waals surface area contributed by atoms with E-state index in [1.165, 1.54) is 12.8 Å². The standard InChI is InChI=1S/C16H23ClN2O/c1-4-7-19(10-12-5-6-12)16(20)13-8-14(11(2)3)18-15(17)9-13/h8-9,11-12H,4-7,10H2,1-3H3. The fourth-order valence-corrected chi connectivity index (χ4v) is 2.49. The zero-order valence-electron chi connectivity index (χ0n) is 12.5. The Balaban J connectivity index is 2.20. The lowest BCUT2D eigenvalue weighted by molar-refractivity contribution is 0.0747. The third-order valence-corrected chi connectivity index (χ3v) is 3.80. The van der Waals surface area contributed by atoms with Crippen LogP contribution in [0.3, 0.4) is 0 Å². The molecule has 0 radical (unpaired) electrons. The summed E-state index contributed by atoms with van der Waals surface area (Å²) in [5, 5.41) is 0.405. The van der Waals surface area contributed by atoms with E-state index in [9.17, 15) is 4.79 Å². The van der Waals surface area contributed by atoms with E-state index in [1.54, 1.807) is 6.07 Å². The van der Waals surface area contributed by atoms with Gasteiger partial charge in [-0.2, -0.15) is 0 Å². The van der Waals surface area contributed by atoms with Gasteiger partial charge in [0.05, 0.1) is 0 Å².